The summed E-state index contributed by atoms with van der Waals surface area (Å²) in [6.45, 7) is 0. The Morgan fingerprint density at radius 1 is 1.39 bits per heavy atom. The van der Waals surface area contributed by atoms with E-state index >= 15 is 0 Å². The highest BCUT2D eigenvalue weighted by Gasteiger charge is 2.59. The van der Waals surface area contributed by atoms with Crippen molar-refractivity contribution in [3.8, 4) is 5.75 Å². The lowest BCUT2D eigenvalue weighted by atomic mass is 9.90. The fourth-order valence-electron chi connectivity index (χ4n) is 1.32. The lowest BCUT2D eigenvalue weighted by Crippen LogP contribution is -2.56. The molecule has 0 heterocycles. The van der Waals surface area contributed by atoms with Gasteiger partial charge in [-0.25, -0.2) is 9.18 Å². The van der Waals surface area contributed by atoms with Gasteiger partial charge in [-0.1, -0.05) is 6.07 Å². The molecule has 0 amide bonds. The Kier molecular flexibility index (Phi) is 3.52. The maximum atomic E-state index is 13.3. The van der Waals surface area contributed by atoms with Gasteiger partial charge in [0.25, 0.3) is 0 Å². The second-order valence-corrected chi connectivity index (χ2v) is 3.46. The van der Waals surface area contributed by atoms with Crippen LogP contribution in [0.5, 0.6) is 5.75 Å². The summed E-state index contributed by atoms with van der Waals surface area (Å²) >= 11 is 0. The van der Waals surface area contributed by atoms with Gasteiger partial charge in [0.15, 0.2) is 11.6 Å². The maximum absolute atomic E-state index is 13.3. The first-order valence-corrected chi connectivity index (χ1v) is 4.57. The molecule has 1 rings (SSSR count). The molecule has 0 radical (unpaired) electrons. The number of aliphatic carboxylic acids is 1. The van der Waals surface area contributed by atoms with E-state index in [1.807, 2.05) is 0 Å². The van der Waals surface area contributed by atoms with E-state index in [1.54, 1.807) is 0 Å². The van der Waals surface area contributed by atoms with Crippen molar-refractivity contribution in [1.82, 2.24) is 0 Å². The molecule has 1 atom stereocenters. The molecular weight excluding hydrogens is 258 g/mol. The van der Waals surface area contributed by atoms with Gasteiger partial charge >= 0.3 is 12.1 Å². The first-order chi connectivity index (χ1) is 8.14. The van der Waals surface area contributed by atoms with Gasteiger partial charge in [-0.3, -0.25) is 0 Å². The highest BCUT2D eigenvalue weighted by atomic mass is 19.4. The number of carboxylic acid groups (broad SMARTS) is 1. The molecule has 1 aromatic carbocycles. The predicted molar refractivity (Wildman–Crippen MR) is 52.5 cm³/mol. The van der Waals surface area contributed by atoms with Gasteiger partial charge in [0.05, 0.1) is 7.11 Å². The van der Waals surface area contributed by atoms with Gasteiger partial charge < -0.3 is 15.6 Å². The summed E-state index contributed by atoms with van der Waals surface area (Å²) in [5.74, 6) is -3.76. The number of methoxy groups -OCH3 is 1. The standard InChI is InChI=1S/C10H9F4NO3/c1-18-7-3-2-5(4-6(7)11)9(15,8(16)17)10(12,13)14/h2-4H,15H2,1H3,(H,16,17). The van der Waals surface area contributed by atoms with Crippen LogP contribution in [-0.2, 0) is 10.3 Å². The first kappa shape index (κ1) is 14.2. The third-order valence-corrected chi connectivity index (χ3v) is 2.39. The van der Waals surface area contributed by atoms with Crippen molar-refractivity contribution in [1.29, 1.82) is 0 Å². The van der Waals surface area contributed by atoms with Crippen LogP contribution in [-0.4, -0.2) is 24.4 Å². The molecular formula is C10H9F4NO3. The van der Waals surface area contributed by atoms with Gasteiger partial charge in [-0.2, -0.15) is 13.2 Å². The molecule has 100 valence electrons. The van der Waals surface area contributed by atoms with E-state index in [4.69, 9.17) is 10.8 Å². The minimum Gasteiger partial charge on any atom is -0.494 e. The zero-order chi connectivity index (χ0) is 14.1. The van der Waals surface area contributed by atoms with E-state index in [0.29, 0.717) is 6.07 Å². The number of halogens is 4. The predicted octanol–water partition coefficient (Wildman–Crippen LogP) is 1.64. The van der Waals surface area contributed by atoms with Crippen LogP contribution in [0.4, 0.5) is 17.6 Å². The average Bonchev–Trinajstić information content (AvgIpc) is 2.25. The van der Waals surface area contributed by atoms with Gasteiger partial charge in [-0.05, 0) is 17.7 Å². The number of rotatable bonds is 3. The number of alkyl halides is 3. The van der Waals surface area contributed by atoms with Crippen LogP contribution in [0, 0.1) is 5.82 Å². The van der Waals surface area contributed by atoms with Crippen molar-refractivity contribution in [2.24, 2.45) is 5.73 Å². The monoisotopic (exact) mass is 267 g/mol. The van der Waals surface area contributed by atoms with E-state index in [2.05, 4.69) is 4.74 Å². The Morgan fingerprint density at radius 3 is 2.28 bits per heavy atom. The van der Waals surface area contributed by atoms with Crippen LogP contribution in [0.25, 0.3) is 0 Å². The minimum atomic E-state index is -5.26. The van der Waals surface area contributed by atoms with Gasteiger partial charge in [0.2, 0.25) is 5.54 Å². The van der Waals surface area contributed by atoms with Crippen LogP contribution in [0.3, 0.4) is 0 Å². The second-order valence-electron chi connectivity index (χ2n) is 3.46. The molecule has 0 aromatic heterocycles. The van der Waals surface area contributed by atoms with Crippen LogP contribution < -0.4 is 10.5 Å². The van der Waals surface area contributed by atoms with Crippen LogP contribution in [0.1, 0.15) is 5.56 Å². The maximum Gasteiger partial charge on any atom is 0.421 e. The second kappa shape index (κ2) is 4.45. The quantitative estimate of drug-likeness (QED) is 0.816. The van der Waals surface area contributed by atoms with E-state index < -0.39 is 29.1 Å². The fourth-order valence-corrected chi connectivity index (χ4v) is 1.32. The van der Waals surface area contributed by atoms with E-state index in [0.717, 1.165) is 19.2 Å². The van der Waals surface area contributed by atoms with Crippen LogP contribution in [0.15, 0.2) is 18.2 Å². The Hall–Kier alpha value is -1.83. The topological polar surface area (TPSA) is 72.5 Å². The van der Waals surface area contributed by atoms with Gasteiger partial charge in [0, 0.05) is 0 Å². The van der Waals surface area contributed by atoms with Crippen molar-refractivity contribution in [3.63, 3.8) is 0 Å². The van der Waals surface area contributed by atoms with Crippen molar-refractivity contribution in [2.75, 3.05) is 7.11 Å². The summed E-state index contributed by atoms with van der Waals surface area (Å²) in [6.07, 6.45) is -5.26. The normalized spacial score (nSPS) is 15.0. The van der Waals surface area contributed by atoms with Crippen molar-refractivity contribution in [3.05, 3.63) is 29.6 Å². The largest absolute Gasteiger partial charge is 0.494 e. The molecule has 0 aliphatic rings. The smallest absolute Gasteiger partial charge is 0.421 e. The lowest BCUT2D eigenvalue weighted by Gasteiger charge is -2.27. The summed E-state index contributed by atoms with van der Waals surface area (Å²) in [5, 5.41) is 8.64. The van der Waals surface area contributed by atoms with Crippen molar-refractivity contribution in [2.45, 2.75) is 11.7 Å². The Labute approximate surface area is 99.0 Å². The number of hydrogen-bond donors (Lipinski definition) is 2. The molecule has 4 nitrogen and oxygen atoms in total. The Bertz CT molecular complexity index is 475. The third-order valence-electron chi connectivity index (χ3n) is 2.39. The van der Waals surface area contributed by atoms with E-state index in [9.17, 15) is 22.4 Å². The first-order valence-electron chi connectivity index (χ1n) is 4.57. The van der Waals surface area contributed by atoms with E-state index in [-0.39, 0.29) is 5.75 Å². The summed E-state index contributed by atoms with van der Waals surface area (Å²) < 4.78 is 55.9. The number of carbonyl (C=O) groups is 1. The summed E-state index contributed by atoms with van der Waals surface area (Å²) in [5.41, 5.74) is 0.285. The van der Waals surface area contributed by atoms with Crippen molar-refractivity contribution >= 4 is 5.97 Å². The molecule has 18 heavy (non-hydrogen) atoms. The Balaban J connectivity index is 3.41. The number of hydrogen-bond acceptors (Lipinski definition) is 3. The Morgan fingerprint density at radius 2 is 1.94 bits per heavy atom. The number of benzene rings is 1. The number of nitrogens with two attached hydrogens (primary N) is 1. The molecule has 3 N–H and O–H groups in total. The minimum absolute atomic E-state index is 0.311. The molecule has 0 saturated heterocycles. The SMILES string of the molecule is COc1ccc(C(N)(C(=O)O)C(F)(F)F)cc1F. The molecule has 0 bridgehead atoms. The molecule has 8 heteroatoms. The average molecular weight is 267 g/mol. The molecule has 0 spiro atoms. The summed E-state index contributed by atoms with van der Waals surface area (Å²) in [6, 6.07) is 2.02. The zero-order valence-corrected chi connectivity index (χ0v) is 9.08. The molecule has 0 fully saturated rings. The van der Waals surface area contributed by atoms with Crippen LogP contribution in [0.2, 0.25) is 0 Å². The van der Waals surface area contributed by atoms with Crippen LogP contribution >= 0.6 is 0 Å². The highest BCUT2D eigenvalue weighted by molar-refractivity contribution is 5.81. The molecule has 1 aromatic rings. The van der Waals surface area contributed by atoms with E-state index in [1.165, 1.54) is 0 Å². The molecule has 0 aliphatic carbocycles. The zero-order valence-electron chi connectivity index (χ0n) is 9.08. The summed E-state index contributed by atoms with van der Waals surface area (Å²) in [4.78, 5) is 10.7. The van der Waals surface area contributed by atoms with Gasteiger partial charge in [0.1, 0.15) is 0 Å². The molecule has 0 aliphatic heterocycles. The molecule has 0 saturated carbocycles. The van der Waals surface area contributed by atoms with Gasteiger partial charge in [-0.15, -0.1) is 0 Å². The third kappa shape index (κ3) is 2.10. The van der Waals surface area contributed by atoms with Crippen molar-refractivity contribution < 1.29 is 32.2 Å². The molecule has 1 unspecified atom stereocenters. The number of carboxylic acids is 1. The summed E-state index contributed by atoms with van der Waals surface area (Å²) in [7, 11) is 1.12. The fraction of sp³-hybridized carbons (Fsp3) is 0.300. The number of ether oxygens (including phenoxy) is 1. The highest BCUT2D eigenvalue weighted by Crippen LogP contribution is 2.38. The lowest BCUT2D eigenvalue weighted by molar-refractivity contribution is -0.204.